The van der Waals surface area contributed by atoms with Gasteiger partial charge in [-0.3, -0.25) is 9.59 Å². The molecule has 1 fully saturated rings. The fraction of sp³-hybridized carbons (Fsp3) is 0.333. The van der Waals surface area contributed by atoms with E-state index in [1.54, 1.807) is 11.3 Å². The number of aryl methyl sites for hydroxylation is 1. The molecule has 0 radical (unpaired) electrons. The minimum atomic E-state index is -0.916. The van der Waals surface area contributed by atoms with E-state index in [-0.39, 0.29) is 24.2 Å². The standard InChI is InChI=1S/C18H19NO3S/c1-11-7-8-16(23-11)13-9-14(13)18(22)19-15(10-17(20)21)12-5-3-2-4-6-12/h2-8,13-15H,9-10H2,1H3,(H,19,22)(H,20,21)/t13-,14+,15-/m0/s1. The number of amides is 1. The minimum absolute atomic E-state index is 0.0342. The minimum Gasteiger partial charge on any atom is -0.481 e. The molecule has 1 heterocycles. The van der Waals surface area contributed by atoms with E-state index in [4.69, 9.17) is 5.11 Å². The number of hydrogen-bond donors (Lipinski definition) is 2. The summed E-state index contributed by atoms with van der Waals surface area (Å²) in [5.41, 5.74) is 0.826. The second-order valence-electron chi connectivity index (χ2n) is 5.97. The van der Waals surface area contributed by atoms with Gasteiger partial charge in [0.25, 0.3) is 0 Å². The molecule has 0 saturated heterocycles. The van der Waals surface area contributed by atoms with Crippen LogP contribution in [-0.2, 0) is 9.59 Å². The second-order valence-corrected chi connectivity index (χ2v) is 7.29. The number of aliphatic carboxylic acids is 1. The molecule has 4 nitrogen and oxygen atoms in total. The van der Waals surface area contributed by atoms with Crippen molar-refractivity contribution in [2.75, 3.05) is 0 Å². The summed E-state index contributed by atoms with van der Waals surface area (Å²) < 4.78 is 0. The van der Waals surface area contributed by atoms with Crippen molar-refractivity contribution in [3.8, 4) is 0 Å². The predicted molar refractivity (Wildman–Crippen MR) is 89.5 cm³/mol. The molecule has 0 spiro atoms. The summed E-state index contributed by atoms with van der Waals surface area (Å²) in [5.74, 6) is -0.709. The van der Waals surface area contributed by atoms with Gasteiger partial charge in [0.05, 0.1) is 12.5 Å². The number of nitrogens with one attached hydrogen (secondary N) is 1. The topological polar surface area (TPSA) is 66.4 Å². The number of carbonyl (C=O) groups excluding carboxylic acids is 1. The Hall–Kier alpha value is -2.14. The van der Waals surface area contributed by atoms with Crippen molar-refractivity contribution in [3.63, 3.8) is 0 Å². The quantitative estimate of drug-likeness (QED) is 0.852. The summed E-state index contributed by atoms with van der Waals surface area (Å²) in [6.07, 6.45) is 0.742. The lowest BCUT2D eigenvalue weighted by atomic mass is 10.0. The monoisotopic (exact) mass is 329 g/mol. The Morgan fingerprint density at radius 1 is 1.26 bits per heavy atom. The van der Waals surface area contributed by atoms with Crippen molar-refractivity contribution in [1.29, 1.82) is 0 Å². The van der Waals surface area contributed by atoms with Crippen LogP contribution in [0.4, 0.5) is 0 Å². The molecule has 1 aliphatic carbocycles. The molecule has 0 unspecified atom stereocenters. The van der Waals surface area contributed by atoms with E-state index in [9.17, 15) is 9.59 Å². The molecule has 1 aromatic heterocycles. The fourth-order valence-electron chi connectivity index (χ4n) is 2.84. The first-order valence-electron chi connectivity index (χ1n) is 7.68. The average Bonchev–Trinajstić information content (AvgIpc) is 3.22. The van der Waals surface area contributed by atoms with Crippen LogP contribution >= 0.6 is 11.3 Å². The summed E-state index contributed by atoms with van der Waals surface area (Å²) in [7, 11) is 0. The summed E-state index contributed by atoms with van der Waals surface area (Å²) in [5, 5.41) is 12.0. The van der Waals surface area contributed by atoms with E-state index in [0.717, 1.165) is 12.0 Å². The van der Waals surface area contributed by atoms with E-state index in [1.807, 2.05) is 30.3 Å². The van der Waals surface area contributed by atoms with Crippen molar-refractivity contribution in [2.24, 2.45) is 5.92 Å². The van der Waals surface area contributed by atoms with Gasteiger partial charge in [-0.1, -0.05) is 30.3 Å². The number of rotatable bonds is 6. The van der Waals surface area contributed by atoms with Crippen LogP contribution in [0.2, 0.25) is 0 Å². The van der Waals surface area contributed by atoms with E-state index < -0.39 is 12.0 Å². The van der Waals surface area contributed by atoms with E-state index >= 15 is 0 Å². The molecule has 3 atom stereocenters. The van der Waals surface area contributed by atoms with Crippen molar-refractivity contribution < 1.29 is 14.7 Å². The Labute approximate surface area is 139 Å². The van der Waals surface area contributed by atoms with Crippen LogP contribution in [-0.4, -0.2) is 17.0 Å². The Bertz CT molecular complexity index is 710. The van der Waals surface area contributed by atoms with Gasteiger partial charge in [0.15, 0.2) is 0 Å². The van der Waals surface area contributed by atoms with Crippen LogP contribution in [0, 0.1) is 12.8 Å². The highest BCUT2D eigenvalue weighted by Gasteiger charge is 2.45. The van der Waals surface area contributed by atoms with Crippen molar-refractivity contribution in [3.05, 3.63) is 57.8 Å². The highest BCUT2D eigenvalue weighted by Crippen LogP contribution is 2.50. The zero-order valence-corrected chi connectivity index (χ0v) is 13.7. The van der Waals surface area contributed by atoms with Gasteiger partial charge in [0.2, 0.25) is 5.91 Å². The van der Waals surface area contributed by atoms with Crippen LogP contribution in [0.1, 0.15) is 40.1 Å². The molecule has 120 valence electrons. The summed E-state index contributed by atoms with van der Waals surface area (Å²) in [6, 6.07) is 13.0. The Morgan fingerprint density at radius 2 is 2.00 bits per heavy atom. The lowest BCUT2D eigenvalue weighted by Crippen LogP contribution is -2.31. The maximum Gasteiger partial charge on any atom is 0.305 e. The Morgan fingerprint density at radius 3 is 2.61 bits per heavy atom. The number of benzene rings is 1. The molecule has 1 saturated carbocycles. The van der Waals surface area contributed by atoms with Crippen LogP contribution < -0.4 is 5.32 Å². The first-order chi connectivity index (χ1) is 11.0. The van der Waals surface area contributed by atoms with Gasteiger partial charge in [-0.15, -0.1) is 11.3 Å². The van der Waals surface area contributed by atoms with Crippen LogP contribution in [0.3, 0.4) is 0 Å². The molecule has 5 heteroatoms. The van der Waals surface area contributed by atoms with Crippen LogP contribution in [0.15, 0.2) is 42.5 Å². The zero-order valence-electron chi connectivity index (χ0n) is 12.9. The third-order valence-corrected chi connectivity index (χ3v) is 5.28. The summed E-state index contributed by atoms with van der Waals surface area (Å²) in [4.78, 5) is 26.0. The summed E-state index contributed by atoms with van der Waals surface area (Å²) >= 11 is 1.73. The predicted octanol–water partition coefficient (Wildman–Crippen LogP) is 3.49. The van der Waals surface area contributed by atoms with E-state index in [2.05, 4.69) is 24.4 Å². The molecule has 0 bridgehead atoms. The number of carbonyl (C=O) groups is 2. The smallest absolute Gasteiger partial charge is 0.305 e. The lowest BCUT2D eigenvalue weighted by Gasteiger charge is -2.17. The zero-order chi connectivity index (χ0) is 16.4. The SMILES string of the molecule is Cc1ccc([C@H]2C[C@H]2C(=O)N[C@@H](CC(=O)O)c2ccccc2)s1. The fourth-order valence-corrected chi connectivity index (χ4v) is 3.90. The van der Waals surface area contributed by atoms with Crippen LogP contribution in [0.25, 0.3) is 0 Å². The van der Waals surface area contributed by atoms with Crippen molar-refractivity contribution in [2.45, 2.75) is 31.7 Å². The van der Waals surface area contributed by atoms with E-state index in [0.29, 0.717) is 0 Å². The normalized spacial score (nSPS) is 20.7. The summed E-state index contributed by atoms with van der Waals surface area (Å²) in [6.45, 7) is 2.06. The number of hydrogen-bond acceptors (Lipinski definition) is 3. The van der Waals surface area contributed by atoms with Gasteiger partial charge in [-0.25, -0.2) is 0 Å². The van der Waals surface area contributed by atoms with Gasteiger partial charge in [-0.2, -0.15) is 0 Å². The number of thiophene rings is 1. The van der Waals surface area contributed by atoms with E-state index in [1.165, 1.54) is 9.75 Å². The second kappa shape index (κ2) is 6.54. The van der Waals surface area contributed by atoms with Gasteiger partial charge < -0.3 is 10.4 Å². The third kappa shape index (κ3) is 3.79. The van der Waals surface area contributed by atoms with Gasteiger partial charge >= 0.3 is 5.97 Å². The van der Waals surface area contributed by atoms with Gasteiger partial charge in [0, 0.05) is 21.6 Å². The highest BCUT2D eigenvalue weighted by molar-refractivity contribution is 7.12. The molecule has 1 aliphatic rings. The van der Waals surface area contributed by atoms with Gasteiger partial charge in [-0.05, 0) is 31.0 Å². The molecule has 1 amide bonds. The largest absolute Gasteiger partial charge is 0.481 e. The Kier molecular flexibility index (Phi) is 4.48. The molecular weight excluding hydrogens is 310 g/mol. The molecular formula is C18H19NO3S. The first kappa shape index (κ1) is 15.7. The number of carboxylic acid groups (broad SMARTS) is 1. The molecule has 1 aromatic carbocycles. The molecule has 23 heavy (non-hydrogen) atoms. The third-order valence-electron chi connectivity index (χ3n) is 4.15. The highest BCUT2D eigenvalue weighted by atomic mass is 32.1. The lowest BCUT2D eigenvalue weighted by molar-refractivity contribution is -0.137. The number of carboxylic acids is 1. The van der Waals surface area contributed by atoms with Crippen molar-refractivity contribution >= 4 is 23.2 Å². The Balaban J connectivity index is 1.66. The molecule has 3 rings (SSSR count). The maximum absolute atomic E-state index is 12.5. The van der Waals surface area contributed by atoms with Gasteiger partial charge in [0.1, 0.15) is 0 Å². The average molecular weight is 329 g/mol. The van der Waals surface area contributed by atoms with Crippen molar-refractivity contribution in [1.82, 2.24) is 5.32 Å². The molecule has 0 aliphatic heterocycles. The molecule has 2 N–H and O–H groups in total. The van der Waals surface area contributed by atoms with Crippen LogP contribution in [0.5, 0.6) is 0 Å². The molecule has 2 aromatic rings. The first-order valence-corrected chi connectivity index (χ1v) is 8.49. The maximum atomic E-state index is 12.5.